The van der Waals surface area contributed by atoms with Crippen molar-refractivity contribution in [3.63, 3.8) is 0 Å². The maximum atomic E-state index is 12.6. The van der Waals surface area contributed by atoms with Gasteiger partial charge in [-0.1, -0.05) is 43.0 Å². The molecule has 5 heteroatoms. The molecule has 0 radical (unpaired) electrons. The molecule has 0 aromatic heterocycles. The molecule has 0 saturated heterocycles. The van der Waals surface area contributed by atoms with Crippen LogP contribution in [0.5, 0.6) is 11.5 Å². The second-order valence-electron chi connectivity index (χ2n) is 5.47. The maximum absolute atomic E-state index is 12.6. The minimum Gasteiger partial charge on any atom is -0.504 e. The van der Waals surface area contributed by atoms with Gasteiger partial charge < -0.3 is 14.6 Å². The van der Waals surface area contributed by atoms with E-state index >= 15 is 0 Å². The molecule has 1 N–H and O–H groups in total. The zero-order valence-corrected chi connectivity index (χ0v) is 14.0. The molecule has 0 unspecified atom stereocenters. The van der Waals surface area contributed by atoms with Crippen LogP contribution < -0.4 is 4.74 Å². The highest BCUT2D eigenvalue weighted by Gasteiger charge is 2.17. The number of ketones is 1. The van der Waals surface area contributed by atoms with E-state index in [0.717, 1.165) is 0 Å². The summed E-state index contributed by atoms with van der Waals surface area (Å²) in [5.41, 5.74) is 1.12. The molecule has 0 aliphatic heterocycles. The van der Waals surface area contributed by atoms with Gasteiger partial charge in [0.1, 0.15) is 0 Å². The Kier molecular flexibility index (Phi) is 6.34. The molecule has 130 valence electrons. The van der Waals surface area contributed by atoms with Crippen LogP contribution in [-0.4, -0.2) is 30.1 Å². The third-order valence-corrected chi connectivity index (χ3v) is 3.39. The maximum Gasteiger partial charge on any atom is 0.333 e. The highest BCUT2D eigenvalue weighted by Crippen LogP contribution is 2.31. The molecule has 0 atom stereocenters. The van der Waals surface area contributed by atoms with Gasteiger partial charge in [0.2, 0.25) is 0 Å². The molecule has 5 nitrogen and oxygen atoms in total. The number of rotatable bonds is 8. The Hall–Kier alpha value is -3.08. The predicted molar refractivity (Wildman–Crippen MR) is 93.9 cm³/mol. The van der Waals surface area contributed by atoms with E-state index in [1.165, 1.54) is 6.07 Å². The molecule has 0 aliphatic carbocycles. The minimum atomic E-state index is -0.456. The van der Waals surface area contributed by atoms with Gasteiger partial charge >= 0.3 is 5.97 Å². The van der Waals surface area contributed by atoms with Crippen LogP contribution in [0.3, 0.4) is 0 Å². The highest BCUT2D eigenvalue weighted by atomic mass is 16.5. The molecular weight excluding hydrogens is 320 g/mol. The van der Waals surface area contributed by atoms with E-state index < -0.39 is 5.97 Å². The zero-order chi connectivity index (χ0) is 18.2. The molecule has 0 heterocycles. The predicted octanol–water partition coefficient (Wildman–Crippen LogP) is 3.51. The van der Waals surface area contributed by atoms with Gasteiger partial charge in [0.05, 0.1) is 18.8 Å². The highest BCUT2D eigenvalue weighted by molar-refractivity contribution is 6.11. The largest absolute Gasteiger partial charge is 0.504 e. The summed E-state index contributed by atoms with van der Waals surface area (Å²) in [5, 5.41) is 10.0. The number of carbonyl (C=O) groups excluding carboxylic acids is 2. The van der Waals surface area contributed by atoms with Crippen molar-refractivity contribution >= 4 is 11.8 Å². The van der Waals surface area contributed by atoms with Gasteiger partial charge in [-0.25, -0.2) is 4.79 Å². The Morgan fingerprint density at radius 1 is 1.04 bits per heavy atom. The molecule has 0 amide bonds. The van der Waals surface area contributed by atoms with Crippen LogP contribution in [0.25, 0.3) is 0 Å². The van der Waals surface area contributed by atoms with Gasteiger partial charge in [-0.3, -0.25) is 4.79 Å². The summed E-state index contributed by atoms with van der Waals surface area (Å²) in [5.74, 6) is -0.675. The van der Waals surface area contributed by atoms with Crippen LogP contribution in [-0.2, 0) is 9.53 Å². The SMILES string of the molecule is C=C(C)C(=O)OCCCOc1c(O)cccc1C(=O)c1ccccc1. The average Bonchev–Trinajstić information content (AvgIpc) is 2.62. The number of aromatic hydroxyl groups is 1. The first-order valence-electron chi connectivity index (χ1n) is 7.88. The van der Waals surface area contributed by atoms with E-state index in [4.69, 9.17) is 9.47 Å². The lowest BCUT2D eigenvalue weighted by Gasteiger charge is -2.12. The van der Waals surface area contributed by atoms with Crippen molar-refractivity contribution < 1.29 is 24.2 Å². The van der Waals surface area contributed by atoms with Crippen molar-refractivity contribution in [2.75, 3.05) is 13.2 Å². The van der Waals surface area contributed by atoms with Crippen LogP contribution in [0.4, 0.5) is 0 Å². The first-order valence-corrected chi connectivity index (χ1v) is 7.88. The summed E-state index contributed by atoms with van der Waals surface area (Å²) >= 11 is 0. The van der Waals surface area contributed by atoms with Gasteiger partial charge in [0.25, 0.3) is 0 Å². The molecule has 2 aromatic rings. The second-order valence-corrected chi connectivity index (χ2v) is 5.47. The quantitative estimate of drug-likeness (QED) is 0.344. The average molecular weight is 340 g/mol. The third kappa shape index (κ3) is 4.94. The fourth-order valence-corrected chi connectivity index (χ4v) is 2.12. The first-order chi connectivity index (χ1) is 12.0. The Morgan fingerprint density at radius 2 is 1.76 bits per heavy atom. The smallest absolute Gasteiger partial charge is 0.333 e. The fraction of sp³-hybridized carbons (Fsp3) is 0.200. The Labute approximate surface area is 146 Å². The molecule has 0 fully saturated rings. The monoisotopic (exact) mass is 340 g/mol. The number of phenolic OH excluding ortho intramolecular Hbond substituents is 1. The standard InChI is InChI=1S/C20H20O5/c1-14(2)20(23)25-13-7-12-24-19-16(10-6-11-17(19)21)18(22)15-8-4-3-5-9-15/h3-6,8-11,21H,1,7,12-13H2,2H3. The normalized spacial score (nSPS) is 10.1. The van der Waals surface area contributed by atoms with Crippen molar-refractivity contribution in [3.8, 4) is 11.5 Å². The van der Waals surface area contributed by atoms with Crippen LogP contribution in [0, 0.1) is 0 Å². The zero-order valence-electron chi connectivity index (χ0n) is 14.0. The van der Waals surface area contributed by atoms with Crippen molar-refractivity contribution in [1.29, 1.82) is 0 Å². The Morgan fingerprint density at radius 3 is 2.44 bits per heavy atom. The third-order valence-electron chi connectivity index (χ3n) is 3.39. The number of ether oxygens (including phenoxy) is 2. The number of hydrogen-bond donors (Lipinski definition) is 1. The molecule has 2 aromatic carbocycles. The van der Waals surface area contributed by atoms with Crippen LogP contribution in [0.2, 0.25) is 0 Å². The molecule has 0 spiro atoms. The number of hydrogen-bond acceptors (Lipinski definition) is 5. The number of esters is 1. The number of para-hydroxylation sites is 1. The van der Waals surface area contributed by atoms with Gasteiger partial charge in [-0.15, -0.1) is 0 Å². The van der Waals surface area contributed by atoms with Crippen LogP contribution in [0.1, 0.15) is 29.3 Å². The lowest BCUT2D eigenvalue weighted by atomic mass is 10.0. The number of phenols is 1. The van der Waals surface area contributed by atoms with E-state index in [1.54, 1.807) is 43.3 Å². The van der Waals surface area contributed by atoms with Crippen LogP contribution >= 0.6 is 0 Å². The molecule has 0 saturated carbocycles. The molecule has 25 heavy (non-hydrogen) atoms. The van der Waals surface area contributed by atoms with Crippen molar-refractivity contribution in [2.45, 2.75) is 13.3 Å². The van der Waals surface area contributed by atoms with E-state index in [-0.39, 0.29) is 36.1 Å². The minimum absolute atomic E-state index is 0.110. The fourth-order valence-electron chi connectivity index (χ4n) is 2.12. The van der Waals surface area contributed by atoms with Crippen molar-refractivity contribution in [1.82, 2.24) is 0 Å². The van der Waals surface area contributed by atoms with Gasteiger partial charge in [-0.2, -0.15) is 0 Å². The van der Waals surface area contributed by atoms with Crippen LogP contribution in [0.15, 0.2) is 60.7 Å². The van der Waals surface area contributed by atoms with E-state index in [0.29, 0.717) is 17.6 Å². The van der Waals surface area contributed by atoms with Crippen molar-refractivity contribution in [3.05, 3.63) is 71.8 Å². The van der Waals surface area contributed by atoms with Gasteiger partial charge in [0, 0.05) is 17.6 Å². The first kappa shape index (κ1) is 18.3. The molecule has 2 rings (SSSR count). The second kappa shape index (κ2) is 8.68. The molecule has 0 aliphatic rings. The van der Waals surface area contributed by atoms with E-state index in [2.05, 4.69) is 6.58 Å². The van der Waals surface area contributed by atoms with E-state index in [9.17, 15) is 14.7 Å². The van der Waals surface area contributed by atoms with Gasteiger partial charge in [-0.05, 0) is 19.1 Å². The number of benzene rings is 2. The summed E-state index contributed by atoms with van der Waals surface area (Å²) in [6, 6.07) is 13.4. The summed E-state index contributed by atoms with van der Waals surface area (Å²) < 4.78 is 10.5. The lowest BCUT2D eigenvalue weighted by molar-refractivity contribution is -0.139. The summed E-state index contributed by atoms with van der Waals surface area (Å²) in [6.45, 7) is 5.43. The molecule has 0 bridgehead atoms. The van der Waals surface area contributed by atoms with E-state index in [1.807, 2.05) is 6.07 Å². The summed E-state index contributed by atoms with van der Waals surface area (Å²) in [4.78, 5) is 23.9. The van der Waals surface area contributed by atoms with Crippen molar-refractivity contribution in [2.24, 2.45) is 0 Å². The molecular formula is C20H20O5. The number of carbonyl (C=O) groups is 2. The summed E-state index contributed by atoms with van der Waals surface area (Å²) in [7, 11) is 0. The van der Waals surface area contributed by atoms with Gasteiger partial charge in [0.15, 0.2) is 17.3 Å². The Balaban J connectivity index is 2.02. The lowest BCUT2D eigenvalue weighted by Crippen LogP contribution is -2.11. The Bertz CT molecular complexity index is 765. The summed E-state index contributed by atoms with van der Waals surface area (Å²) in [6.07, 6.45) is 0.423. The topological polar surface area (TPSA) is 72.8 Å².